The molecule has 1 aliphatic heterocycles. The lowest BCUT2D eigenvalue weighted by Gasteiger charge is -2.36. The molecule has 0 radical (unpaired) electrons. The first kappa shape index (κ1) is 18.8. The van der Waals surface area contributed by atoms with E-state index in [0.29, 0.717) is 25.2 Å². The molecular formula is C18H23N5O2S. The maximum Gasteiger partial charge on any atom is 0.270 e. The number of carbonyl (C=O) groups is 1. The van der Waals surface area contributed by atoms with E-state index in [1.165, 1.54) is 0 Å². The van der Waals surface area contributed by atoms with Gasteiger partial charge in [0.05, 0.1) is 12.1 Å². The monoisotopic (exact) mass is 373 g/mol. The van der Waals surface area contributed by atoms with Gasteiger partial charge in [0.2, 0.25) is 0 Å². The zero-order valence-corrected chi connectivity index (χ0v) is 15.5. The van der Waals surface area contributed by atoms with Crippen molar-refractivity contribution < 1.29 is 9.90 Å². The number of pyridine rings is 1. The quantitative estimate of drug-likeness (QED) is 0.583. The maximum absolute atomic E-state index is 12.2. The Balaban J connectivity index is 1.51. The number of amides is 1. The van der Waals surface area contributed by atoms with Crippen molar-refractivity contribution in [1.29, 1.82) is 0 Å². The summed E-state index contributed by atoms with van der Waals surface area (Å²) in [6, 6.07) is 4.94. The topological polar surface area (TPSA) is 91.2 Å². The molecule has 1 amide bonds. The molecular weight excluding hydrogens is 350 g/mol. The highest BCUT2D eigenvalue weighted by Crippen LogP contribution is 2.16. The zero-order valence-electron chi connectivity index (χ0n) is 14.7. The van der Waals surface area contributed by atoms with E-state index in [1.54, 1.807) is 36.2 Å². The van der Waals surface area contributed by atoms with Crippen molar-refractivity contribution in [3.63, 3.8) is 0 Å². The Hall–Kier alpha value is -2.03. The molecule has 1 fully saturated rings. The lowest BCUT2D eigenvalue weighted by molar-refractivity contribution is 0.0347. The van der Waals surface area contributed by atoms with Crippen molar-refractivity contribution in [1.82, 2.24) is 25.2 Å². The van der Waals surface area contributed by atoms with E-state index in [9.17, 15) is 9.90 Å². The van der Waals surface area contributed by atoms with Gasteiger partial charge < -0.3 is 10.4 Å². The zero-order chi connectivity index (χ0) is 18.4. The first-order valence-corrected chi connectivity index (χ1v) is 9.70. The molecule has 2 aromatic rings. The normalized spacial score (nSPS) is 20.7. The van der Waals surface area contributed by atoms with Crippen LogP contribution < -0.4 is 5.32 Å². The van der Waals surface area contributed by atoms with Crippen molar-refractivity contribution in [3.05, 3.63) is 48.0 Å². The molecule has 8 heteroatoms. The first-order valence-electron chi connectivity index (χ1n) is 8.71. The number of piperidine rings is 1. The van der Waals surface area contributed by atoms with Gasteiger partial charge in [-0.05, 0) is 24.3 Å². The molecule has 1 saturated heterocycles. The minimum absolute atomic E-state index is 0.250. The van der Waals surface area contributed by atoms with Crippen molar-refractivity contribution in [2.45, 2.75) is 37.2 Å². The fraction of sp³-hybridized carbons (Fsp3) is 0.444. The van der Waals surface area contributed by atoms with Crippen LogP contribution in [0.3, 0.4) is 0 Å². The molecule has 3 rings (SSSR count). The standard InChI is InChI=1S/C18H23N5O2S/c1-2-26-18-20-9-13(10-21-18)11-23-8-6-14(16(24)12-23)22-17(25)15-5-3-4-7-19-15/h3-5,7,9-10,14,16,24H,2,6,8,11-12H2,1H3,(H,22,25)/t14-,16-/m1/s1. The number of likely N-dealkylation sites (tertiary alicyclic amines) is 1. The third-order valence-electron chi connectivity index (χ3n) is 4.24. The van der Waals surface area contributed by atoms with Gasteiger partial charge in [0.15, 0.2) is 5.16 Å². The summed E-state index contributed by atoms with van der Waals surface area (Å²) in [6.07, 6.45) is 5.33. The number of aliphatic hydroxyl groups excluding tert-OH is 1. The fourth-order valence-electron chi connectivity index (χ4n) is 2.93. The van der Waals surface area contributed by atoms with Crippen LogP contribution in [-0.4, -0.2) is 61.9 Å². The van der Waals surface area contributed by atoms with E-state index in [0.717, 1.165) is 23.0 Å². The minimum atomic E-state index is -0.618. The lowest BCUT2D eigenvalue weighted by atomic mass is 10.0. The predicted molar refractivity (Wildman–Crippen MR) is 99.8 cm³/mol. The summed E-state index contributed by atoms with van der Waals surface area (Å²) < 4.78 is 0. The summed E-state index contributed by atoms with van der Waals surface area (Å²) in [6.45, 7) is 4.05. The van der Waals surface area contributed by atoms with Crippen LogP contribution in [0.5, 0.6) is 0 Å². The number of nitrogens with zero attached hydrogens (tertiary/aromatic N) is 4. The number of carbonyl (C=O) groups excluding carboxylic acids is 1. The molecule has 0 saturated carbocycles. The number of rotatable bonds is 6. The van der Waals surface area contributed by atoms with Crippen molar-refractivity contribution in [2.24, 2.45) is 0 Å². The second-order valence-corrected chi connectivity index (χ2v) is 7.42. The summed E-state index contributed by atoms with van der Waals surface area (Å²) in [4.78, 5) is 27.1. The van der Waals surface area contributed by atoms with Crippen molar-refractivity contribution >= 4 is 17.7 Å². The molecule has 3 heterocycles. The van der Waals surface area contributed by atoms with Gasteiger partial charge in [0, 0.05) is 43.8 Å². The summed E-state index contributed by atoms with van der Waals surface area (Å²) >= 11 is 1.61. The molecule has 0 aliphatic carbocycles. The number of aliphatic hydroxyl groups is 1. The number of thioether (sulfide) groups is 1. The molecule has 2 aromatic heterocycles. The highest BCUT2D eigenvalue weighted by atomic mass is 32.2. The van der Waals surface area contributed by atoms with Crippen LogP contribution in [0, 0.1) is 0 Å². The Labute approximate surface area is 157 Å². The molecule has 0 bridgehead atoms. The van der Waals surface area contributed by atoms with Gasteiger partial charge in [-0.2, -0.15) is 0 Å². The Morgan fingerprint density at radius 3 is 2.81 bits per heavy atom. The van der Waals surface area contributed by atoms with Gasteiger partial charge >= 0.3 is 0 Å². The summed E-state index contributed by atoms with van der Waals surface area (Å²) in [5, 5.41) is 14.1. The fourth-order valence-corrected chi connectivity index (χ4v) is 3.45. The minimum Gasteiger partial charge on any atom is -0.390 e. The van der Waals surface area contributed by atoms with Crippen molar-refractivity contribution in [2.75, 3.05) is 18.8 Å². The molecule has 26 heavy (non-hydrogen) atoms. The van der Waals surface area contributed by atoms with Gasteiger partial charge in [-0.1, -0.05) is 24.8 Å². The lowest BCUT2D eigenvalue weighted by Crippen LogP contribution is -2.53. The van der Waals surface area contributed by atoms with E-state index in [-0.39, 0.29) is 11.9 Å². The van der Waals surface area contributed by atoms with E-state index < -0.39 is 6.10 Å². The number of hydrogen-bond acceptors (Lipinski definition) is 7. The van der Waals surface area contributed by atoms with Crippen LogP contribution in [0.25, 0.3) is 0 Å². The SMILES string of the molecule is CCSc1ncc(CN2CC[C@@H](NC(=O)c3ccccn3)[C@H](O)C2)cn1. The van der Waals surface area contributed by atoms with Gasteiger partial charge in [-0.3, -0.25) is 14.7 Å². The Morgan fingerprint density at radius 2 is 2.15 bits per heavy atom. The van der Waals surface area contributed by atoms with E-state index in [2.05, 4.69) is 32.1 Å². The average Bonchev–Trinajstić information content (AvgIpc) is 2.66. The van der Waals surface area contributed by atoms with E-state index in [1.807, 2.05) is 12.4 Å². The van der Waals surface area contributed by atoms with Gasteiger partial charge in [0.1, 0.15) is 5.69 Å². The van der Waals surface area contributed by atoms with Crippen molar-refractivity contribution in [3.8, 4) is 0 Å². The third kappa shape index (κ3) is 5.00. The average molecular weight is 373 g/mol. The Morgan fingerprint density at radius 1 is 1.35 bits per heavy atom. The smallest absolute Gasteiger partial charge is 0.270 e. The van der Waals surface area contributed by atoms with Crippen LogP contribution in [0.15, 0.2) is 41.9 Å². The molecule has 1 aliphatic rings. The summed E-state index contributed by atoms with van der Waals surface area (Å²) in [5.74, 6) is 0.698. The number of hydrogen-bond donors (Lipinski definition) is 2. The first-order chi connectivity index (χ1) is 12.7. The highest BCUT2D eigenvalue weighted by molar-refractivity contribution is 7.99. The van der Waals surface area contributed by atoms with Crippen LogP contribution in [0.4, 0.5) is 0 Å². The molecule has 2 atom stereocenters. The number of β-amino-alcohol motifs (C(OH)–C–C–N with tert-alkyl or cyclic N) is 1. The summed E-state index contributed by atoms with van der Waals surface area (Å²) in [5.41, 5.74) is 1.39. The second kappa shape index (κ2) is 9.07. The predicted octanol–water partition coefficient (Wildman–Crippen LogP) is 1.35. The van der Waals surface area contributed by atoms with Crippen LogP contribution in [0.1, 0.15) is 29.4 Å². The second-order valence-electron chi connectivity index (χ2n) is 6.19. The van der Waals surface area contributed by atoms with E-state index in [4.69, 9.17) is 0 Å². The third-order valence-corrected chi connectivity index (χ3v) is 5.00. The van der Waals surface area contributed by atoms with Crippen LogP contribution in [0.2, 0.25) is 0 Å². The van der Waals surface area contributed by atoms with Gasteiger partial charge in [0.25, 0.3) is 5.91 Å². The largest absolute Gasteiger partial charge is 0.390 e. The number of nitrogens with one attached hydrogen (secondary N) is 1. The molecule has 0 unspecified atom stereocenters. The molecule has 138 valence electrons. The van der Waals surface area contributed by atoms with Gasteiger partial charge in [-0.25, -0.2) is 9.97 Å². The highest BCUT2D eigenvalue weighted by Gasteiger charge is 2.29. The van der Waals surface area contributed by atoms with Crippen LogP contribution >= 0.6 is 11.8 Å². The van der Waals surface area contributed by atoms with Gasteiger partial charge in [-0.15, -0.1) is 0 Å². The van der Waals surface area contributed by atoms with Crippen LogP contribution in [-0.2, 0) is 6.54 Å². The number of aromatic nitrogens is 3. The molecule has 0 aromatic carbocycles. The summed E-state index contributed by atoms with van der Waals surface area (Å²) in [7, 11) is 0. The molecule has 7 nitrogen and oxygen atoms in total. The van der Waals surface area contributed by atoms with E-state index >= 15 is 0 Å². The Bertz CT molecular complexity index is 713. The molecule has 0 spiro atoms. The maximum atomic E-state index is 12.2. The Kier molecular flexibility index (Phi) is 6.54. The molecule has 2 N–H and O–H groups in total.